The van der Waals surface area contributed by atoms with Gasteiger partial charge in [0.25, 0.3) is 0 Å². The third kappa shape index (κ3) is 1.49. The van der Waals surface area contributed by atoms with Crippen molar-refractivity contribution in [1.82, 2.24) is 0 Å². The molecule has 1 rings (SSSR count). The second-order valence-electron chi connectivity index (χ2n) is 1.46. The summed E-state index contributed by atoms with van der Waals surface area (Å²) >= 11 is 3.51. The second-order valence-corrected chi connectivity index (χ2v) is 3.76. The van der Waals surface area contributed by atoms with Crippen LogP contribution in [0.25, 0.3) is 0 Å². The van der Waals surface area contributed by atoms with Gasteiger partial charge in [-0.2, -0.15) is 0 Å². The molecule has 9 heavy (non-hydrogen) atoms. The largest absolute Gasteiger partial charge is 0.279 e. The summed E-state index contributed by atoms with van der Waals surface area (Å²) in [7, 11) is 3.61. The molecule has 0 aliphatic carbocycles. The Labute approximate surface area is 63.2 Å². The molecule has 1 saturated heterocycles. The molecule has 0 aromatic rings. The van der Waals surface area contributed by atoms with E-state index in [1.807, 2.05) is 0 Å². The summed E-state index contributed by atoms with van der Waals surface area (Å²) in [6, 6.07) is 0. The predicted molar refractivity (Wildman–Crippen MR) is 46.8 cm³/mol. The maximum Gasteiger partial charge on any atom is 0.123 e. The molecule has 0 amide bonds. The van der Waals surface area contributed by atoms with Crippen molar-refractivity contribution < 1.29 is 0 Å². The van der Waals surface area contributed by atoms with Gasteiger partial charge in [0.15, 0.2) is 0 Å². The average molecular weight is 160 g/mol. The normalized spacial score (nSPS) is 28.2. The zero-order chi connectivity index (χ0) is 6.69. The van der Waals surface area contributed by atoms with Gasteiger partial charge in [0.05, 0.1) is 5.08 Å². The summed E-state index contributed by atoms with van der Waals surface area (Å²) in [5.74, 6) is 0. The summed E-state index contributed by atoms with van der Waals surface area (Å²) in [6.07, 6.45) is 0. The van der Waals surface area contributed by atoms with Gasteiger partial charge >= 0.3 is 0 Å². The molecular formula is C5H8N2S2. The Morgan fingerprint density at radius 2 is 1.56 bits per heavy atom. The van der Waals surface area contributed by atoms with Crippen LogP contribution in [0.5, 0.6) is 0 Å². The van der Waals surface area contributed by atoms with E-state index in [0.717, 1.165) is 15.2 Å². The first kappa shape index (κ1) is 7.15. The Balaban J connectivity index is 2.75. The highest BCUT2D eigenvalue weighted by atomic mass is 32.2. The molecule has 0 aromatic carbocycles. The highest BCUT2D eigenvalue weighted by Crippen LogP contribution is 2.27. The van der Waals surface area contributed by atoms with Crippen LogP contribution in [0.3, 0.4) is 0 Å². The fraction of sp³-hybridized carbons (Fsp3) is 0.600. The van der Waals surface area contributed by atoms with Crippen molar-refractivity contribution in [1.29, 1.82) is 0 Å². The van der Waals surface area contributed by atoms with Gasteiger partial charge in [-0.05, 0) is 0 Å². The lowest BCUT2D eigenvalue weighted by molar-refractivity contribution is 1.45. The van der Waals surface area contributed by atoms with E-state index in [2.05, 4.69) is 9.98 Å². The van der Waals surface area contributed by atoms with Gasteiger partial charge < -0.3 is 0 Å². The van der Waals surface area contributed by atoms with Crippen molar-refractivity contribution in [2.75, 3.05) is 19.2 Å². The number of thioether (sulfide) groups is 2. The van der Waals surface area contributed by atoms with Gasteiger partial charge in [-0.1, -0.05) is 23.5 Å². The summed E-state index contributed by atoms with van der Waals surface area (Å²) in [4.78, 5) is 8.14. The lowest BCUT2D eigenvalue weighted by atomic mass is 10.8. The lowest BCUT2D eigenvalue weighted by Crippen LogP contribution is -1.97. The molecule has 1 aliphatic heterocycles. The van der Waals surface area contributed by atoms with Gasteiger partial charge in [-0.3, -0.25) is 9.98 Å². The number of nitrogens with zero attached hydrogens (tertiary/aromatic N) is 2. The van der Waals surface area contributed by atoms with Crippen molar-refractivity contribution >= 4 is 33.6 Å². The van der Waals surface area contributed by atoms with Crippen molar-refractivity contribution in [3.05, 3.63) is 0 Å². The van der Waals surface area contributed by atoms with Crippen LogP contribution in [-0.2, 0) is 0 Å². The van der Waals surface area contributed by atoms with Gasteiger partial charge in [0, 0.05) is 14.1 Å². The smallest absolute Gasteiger partial charge is 0.123 e. The minimum atomic E-state index is 1.07. The van der Waals surface area contributed by atoms with Crippen LogP contribution < -0.4 is 0 Å². The first-order chi connectivity index (χ1) is 4.38. The van der Waals surface area contributed by atoms with E-state index in [0.29, 0.717) is 0 Å². The van der Waals surface area contributed by atoms with E-state index in [-0.39, 0.29) is 0 Å². The molecule has 0 spiro atoms. The maximum atomic E-state index is 4.07. The molecule has 0 bridgehead atoms. The molecule has 1 heterocycles. The van der Waals surface area contributed by atoms with Crippen LogP contribution in [0.4, 0.5) is 0 Å². The molecule has 1 aliphatic rings. The first-order valence-corrected chi connectivity index (χ1v) is 4.55. The van der Waals surface area contributed by atoms with Crippen LogP contribution in [0.1, 0.15) is 0 Å². The van der Waals surface area contributed by atoms with Crippen molar-refractivity contribution in [2.45, 2.75) is 0 Å². The molecule has 4 heteroatoms. The highest BCUT2D eigenvalue weighted by Gasteiger charge is 2.16. The Hall–Kier alpha value is 0.0400. The maximum absolute atomic E-state index is 4.07. The van der Waals surface area contributed by atoms with Gasteiger partial charge in [-0.25, -0.2) is 0 Å². The molecule has 0 radical (unpaired) electrons. The third-order valence-electron chi connectivity index (χ3n) is 0.980. The predicted octanol–water partition coefficient (Wildman–Crippen LogP) is 1.48. The molecule has 2 nitrogen and oxygen atoms in total. The topological polar surface area (TPSA) is 24.7 Å². The molecule has 0 unspecified atom stereocenters. The Morgan fingerprint density at radius 1 is 1.11 bits per heavy atom. The second kappa shape index (κ2) is 3.27. The molecular weight excluding hydrogens is 152 g/mol. The summed E-state index contributed by atoms with van der Waals surface area (Å²) in [5.41, 5.74) is 0. The van der Waals surface area contributed by atoms with Crippen molar-refractivity contribution in [2.24, 2.45) is 9.98 Å². The zero-order valence-electron chi connectivity index (χ0n) is 5.42. The van der Waals surface area contributed by atoms with E-state index in [1.54, 1.807) is 37.6 Å². The van der Waals surface area contributed by atoms with Crippen molar-refractivity contribution in [3.63, 3.8) is 0 Å². The lowest BCUT2D eigenvalue weighted by Gasteiger charge is -1.89. The minimum absolute atomic E-state index is 1.07. The van der Waals surface area contributed by atoms with Crippen LogP contribution in [0.15, 0.2) is 9.98 Å². The number of hydrogen-bond donors (Lipinski definition) is 0. The van der Waals surface area contributed by atoms with Crippen LogP contribution in [-0.4, -0.2) is 29.3 Å². The van der Waals surface area contributed by atoms with E-state index in [1.165, 1.54) is 0 Å². The summed E-state index contributed by atoms with van der Waals surface area (Å²) in [5, 5.41) is 3.24. The Morgan fingerprint density at radius 3 is 1.89 bits per heavy atom. The molecule has 0 aromatic heterocycles. The standard InChI is InChI=1S/C5H8N2S2/c1-6-4-5(7-2)9-3-8-4/h3H2,1-2H3. The molecule has 1 fully saturated rings. The average Bonchev–Trinajstić information content (AvgIpc) is 2.33. The molecule has 0 atom stereocenters. The van der Waals surface area contributed by atoms with Crippen LogP contribution in [0.2, 0.25) is 0 Å². The SMILES string of the molecule is CN=C1SCSC1=NC. The number of aliphatic imine (C=N–C) groups is 2. The first-order valence-electron chi connectivity index (χ1n) is 2.58. The van der Waals surface area contributed by atoms with Gasteiger partial charge in [-0.15, -0.1) is 0 Å². The monoisotopic (exact) mass is 160 g/mol. The quantitative estimate of drug-likeness (QED) is 0.536. The van der Waals surface area contributed by atoms with Crippen LogP contribution in [0, 0.1) is 0 Å². The fourth-order valence-electron chi connectivity index (χ4n) is 0.585. The fourth-order valence-corrected chi connectivity index (χ4v) is 2.75. The Bertz CT molecular complexity index is 144. The minimum Gasteiger partial charge on any atom is -0.279 e. The highest BCUT2D eigenvalue weighted by molar-refractivity contribution is 8.39. The molecule has 50 valence electrons. The number of rotatable bonds is 0. The van der Waals surface area contributed by atoms with Crippen LogP contribution >= 0.6 is 23.5 Å². The van der Waals surface area contributed by atoms with E-state index < -0.39 is 0 Å². The zero-order valence-corrected chi connectivity index (χ0v) is 7.05. The van der Waals surface area contributed by atoms with Gasteiger partial charge in [0.2, 0.25) is 0 Å². The third-order valence-corrected chi connectivity index (χ3v) is 3.35. The Kier molecular flexibility index (Phi) is 2.60. The summed E-state index contributed by atoms with van der Waals surface area (Å²) in [6.45, 7) is 0. The summed E-state index contributed by atoms with van der Waals surface area (Å²) < 4.78 is 0. The number of hydrogen-bond acceptors (Lipinski definition) is 4. The molecule has 0 N–H and O–H groups in total. The van der Waals surface area contributed by atoms with Crippen molar-refractivity contribution in [3.8, 4) is 0 Å². The van der Waals surface area contributed by atoms with E-state index in [9.17, 15) is 0 Å². The van der Waals surface area contributed by atoms with E-state index >= 15 is 0 Å². The molecule has 0 saturated carbocycles. The van der Waals surface area contributed by atoms with E-state index in [4.69, 9.17) is 0 Å². The van der Waals surface area contributed by atoms with Gasteiger partial charge in [0.1, 0.15) is 10.1 Å².